The molecule has 2 N–H and O–H groups in total. The molecule has 1 atom stereocenters. The van der Waals surface area contributed by atoms with Gasteiger partial charge in [0.25, 0.3) is 0 Å². The van der Waals surface area contributed by atoms with Crippen LogP contribution in [0.2, 0.25) is 0 Å². The molecule has 1 aliphatic rings. The summed E-state index contributed by atoms with van der Waals surface area (Å²) in [6.07, 6.45) is 7.11. The average Bonchev–Trinajstić information content (AvgIpc) is 2.38. The molecule has 0 radical (unpaired) electrons. The molecule has 0 saturated heterocycles. The maximum Gasteiger partial charge on any atom is 0.244 e. The van der Waals surface area contributed by atoms with Crippen LogP contribution in [0.1, 0.15) is 19.3 Å². The Morgan fingerprint density at radius 3 is 2.72 bits per heavy atom. The summed E-state index contributed by atoms with van der Waals surface area (Å²) in [6.45, 7) is 0.418. The van der Waals surface area contributed by atoms with E-state index < -0.39 is 10.0 Å². The van der Waals surface area contributed by atoms with E-state index in [-0.39, 0.29) is 10.6 Å². The van der Waals surface area contributed by atoms with Crippen LogP contribution < -0.4 is 4.72 Å². The molecule has 1 aromatic rings. The van der Waals surface area contributed by atoms with Gasteiger partial charge >= 0.3 is 0 Å². The van der Waals surface area contributed by atoms with Crippen molar-refractivity contribution >= 4 is 10.0 Å². The molecule has 18 heavy (non-hydrogen) atoms. The molecule has 1 unspecified atom stereocenters. The minimum absolute atomic E-state index is 0.0589. The fourth-order valence-electron chi connectivity index (χ4n) is 2.03. The largest absolute Gasteiger partial charge is 0.507 e. The molecule has 0 aromatic heterocycles. The van der Waals surface area contributed by atoms with Gasteiger partial charge in [-0.05, 0) is 37.3 Å². The van der Waals surface area contributed by atoms with Gasteiger partial charge in [-0.15, -0.1) is 0 Å². The normalized spacial score (nSPS) is 19.9. The molecule has 0 bridgehead atoms. The number of sulfonamides is 1. The van der Waals surface area contributed by atoms with Gasteiger partial charge in [0.2, 0.25) is 10.0 Å². The van der Waals surface area contributed by atoms with Gasteiger partial charge < -0.3 is 5.11 Å². The van der Waals surface area contributed by atoms with E-state index in [0.29, 0.717) is 12.5 Å². The maximum absolute atomic E-state index is 12.0. The fraction of sp³-hybridized carbons (Fsp3) is 0.385. The second-order valence-electron chi connectivity index (χ2n) is 4.47. The first kappa shape index (κ1) is 13.1. The zero-order chi connectivity index (χ0) is 13.0. The number of benzene rings is 1. The molecular weight excluding hydrogens is 250 g/mol. The van der Waals surface area contributed by atoms with Crippen molar-refractivity contribution in [2.45, 2.75) is 24.2 Å². The maximum atomic E-state index is 12.0. The number of hydrogen-bond acceptors (Lipinski definition) is 3. The van der Waals surface area contributed by atoms with Gasteiger partial charge in [0.05, 0.1) is 0 Å². The van der Waals surface area contributed by atoms with Crippen LogP contribution in [0.4, 0.5) is 0 Å². The molecule has 0 spiro atoms. The number of para-hydroxylation sites is 1. The first-order valence-electron chi connectivity index (χ1n) is 6.02. The van der Waals surface area contributed by atoms with E-state index in [4.69, 9.17) is 0 Å². The lowest BCUT2D eigenvalue weighted by Gasteiger charge is -2.18. The summed E-state index contributed by atoms with van der Waals surface area (Å²) in [6, 6.07) is 5.97. The monoisotopic (exact) mass is 267 g/mol. The topological polar surface area (TPSA) is 66.4 Å². The molecule has 98 valence electrons. The van der Waals surface area contributed by atoms with Crippen molar-refractivity contribution in [2.24, 2.45) is 5.92 Å². The first-order valence-corrected chi connectivity index (χ1v) is 7.50. The number of aromatic hydroxyl groups is 1. The van der Waals surface area contributed by atoms with Gasteiger partial charge in [-0.1, -0.05) is 24.3 Å². The second-order valence-corrected chi connectivity index (χ2v) is 6.21. The minimum Gasteiger partial charge on any atom is -0.507 e. The SMILES string of the molecule is O=S(=O)(NCC1CC=CCC1)c1ccccc1O. The van der Waals surface area contributed by atoms with Crippen molar-refractivity contribution in [3.05, 3.63) is 36.4 Å². The lowest BCUT2D eigenvalue weighted by molar-refractivity contribution is 0.452. The summed E-state index contributed by atoms with van der Waals surface area (Å²) in [7, 11) is -3.61. The summed E-state index contributed by atoms with van der Waals surface area (Å²) in [4.78, 5) is -0.0589. The summed E-state index contributed by atoms with van der Waals surface area (Å²) in [5, 5.41) is 9.55. The Kier molecular flexibility index (Phi) is 4.04. The average molecular weight is 267 g/mol. The second kappa shape index (κ2) is 5.54. The third-order valence-electron chi connectivity index (χ3n) is 3.09. The Morgan fingerprint density at radius 1 is 1.28 bits per heavy atom. The molecule has 0 saturated carbocycles. The van der Waals surface area contributed by atoms with Crippen LogP contribution in [0, 0.1) is 5.92 Å². The zero-order valence-corrected chi connectivity index (χ0v) is 10.9. The predicted molar refractivity (Wildman–Crippen MR) is 69.8 cm³/mol. The molecule has 0 amide bonds. The number of phenolic OH excluding ortho intramolecular Hbond substituents is 1. The number of nitrogens with one attached hydrogen (secondary N) is 1. The molecule has 0 fully saturated rings. The van der Waals surface area contributed by atoms with Crippen molar-refractivity contribution < 1.29 is 13.5 Å². The van der Waals surface area contributed by atoms with E-state index in [0.717, 1.165) is 19.3 Å². The van der Waals surface area contributed by atoms with E-state index in [1.54, 1.807) is 12.1 Å². The lowest BCUT2D eigenvalue weighted by Crippen LogP contribution is -2.29. The lowest BCUT2D eigenvalue weighted by atomic mass is 9.95. The van der Waals surface area contributed by atoms with E-state index >= 15 is 0 Å². The Bertz CT molecular complexity index is 537. The van der Waals surface area contributed by atoms with Gasteiger partial charge in [-0.3, -0.25) is 0 Å². The van der Waals surface area contributed by atoms with E-state index in [1.807, 2.05) is 0 Å². The Balaban J connectivity index is 2.04. The van der Waals surface area contributed by atoms with Gasteiger partial charge in [-0.25, -0.2) is 13.1 Å². The van der Waals surface area contributed by atoms with Crippen LogP contribution in [0.25, 0.3) is 0 Å². The highest BCUT2D eigenvalue weighted by molar-refractivity contribution is 7.89. The van der Waals surface area contributed by atoms with Crippen molar-refractivity contribution in [1.82, 2.24) is 4.72 Å². The Morgan fingerprint density at radius 2 is 2.06 bits per heavy atom. The van der Waals surface area contributed by atoms with Gasteiger partial charge in [0.1, 0.15) is 10.6 Å². The Labute approximate surface area is 107 Å². The predicted octanol–water partition coefficient (Wildman–Crippen LogP) is 2.03. The van der Waals surface area contributed by atoms with E-state index in [9.17, 15) is 13.5 Å². The van der Waals surface area contributed by atoms with Crippen molar-refractivity contribution in [2.75, 3.05) is 6.54 Å². The summed E-state index contributed by atoms with van der Waals surface area (Å²) >= 11 is 0. The van der Waals surface area contributed by atoms with Crippen LogP contribution in [-0.2, 0) is 10.0 Å². The first-order chi connectivity index (χ1) is 8.59. The van der Waals surface area contributed by atoms with Crippen molar-refractivity contribution in [1.29, 1.82) is 0 Å². The third kappa shape index (κ3) is 3.11. The molecule has 0 aliphatic heterocycles. The van der Waals surface area contributed by atoms with Crippen LogP contribution in [0.15, 0.2) is 41.3 Å². The van der Waals surface area contributed by atoms with E-state index in [2.05, 4.69) is 16.9 Å². The zero-order valence-electron chi connectivity index (χ0n) is 10.0. The number of phenols is 1. The fourth-order valence-corrected chi connectivity index (χ4v) is 3.24. The van der Waals surface area contributed by atoms with Crippen LogP contribution in [-0.4, -0.2) is 20.1 Å². The molecule has 5 heteroatoms. The molecule has 4 nitrogen and oxygen atoms in total. The van der Waals surface area contributed by atoms with Crippen molar-refractivity contribution in [3.8, 4) is 5.75 Å². The Hall–Kier alpha value is -1.33. The quantitative estimate of drug-likeness (QED) is 0.820. The number of rotatable bonds is 4. The van der Waals surface area contributed by atoms with Gasteiger partial charge in [-0.2, -0.15) is 0 Å². The van der Waals surface area contributed by atoms with E-state index in [1.165, 1.54) is 12.1 Å². The summed E-state index contributed by atoms with van der Waals surface area (Å²) in [5.41, 5.74) is 0. The molecule has 0 heterocycles. The standard InChI is InChI=1S/C13H17NO3S/c15-12-8-4-5-9-13(12)18(16,17)14-10-11-6-2-1-3-7-11/h1-2,4-5,8-9,11,14-15H,3,6-7,10H2. The summed E-state index contributed by atoms with van der Waals surface area (Å²) in [5.74, 6) is 0.129. The highest BCUT2D eigenvalue weighted by atomic mass is 32.2. The van der Waals surface area contributed by atoms with Crippen molar-refractivity contribution in [3.63, 3.8) is 0 Å². The van der Waals surface area contributed by atoms with Gasteiger partial charge in [0, 0.05) is 6.54 Å². The number of hydrogen-bond donors (Lipinski definition) is 2. The molecular formula is C13H17NO3S. The van der Waals surface area contributed by atoms with Crippen LogP contribution in [0.5, 0.6) is 5.75 Å². The summed E-state index contributed by atoms with van der Waals surface area (Å²) < 4.78 is 26.6. The smallest absolute Gasteiger partial charge is 0.244 e. The molecule has 1 aliphatic carbocycles. The highest BCUT2D eigenvalue weighted by Gasteiger charge is 2.19. The van der Waals surface area contributed by atoms with Crippen LogP contribution in [0.3, 0.4) is 0 Å². The minimum atomic E-state index is -3.61. The number of allylic oxidation sites excluding steroid dienone is 2. The van der Waals surface area contributed by atoms with Crippen LogP contribution >= 0.6 is 0 Å². The highest BCUT2D eigenvalue weighted by Crippen LogP contribution is 2.22. The van der Waals surface area contributed by atoms with Gasteiger partial charge in [0.15, 0.2) is 0 Å². The third-order valence-corrected chi connectivity index (χ3v) is 4.57. The molecule has 2 rings (SSSR count). The molecule has 1 aromatic carbocycles.